The number of phenols is 3. The van der Waals surface area contributed by atoms with E-state index in [1.54, 1.807) is 72.8 Å². The van der Waals surface area contributed by atoms with Crippen LogP contribution in [0.3, 0.4) is 0 Å². The van der Waals surface area contributed by atoms with Gasteiger partial charge in [0.25, 0.3) is 0 Å². The van der Waals surface area contributed by atoms with Crippen LogP contribution in [0.2, 0.25) is 0 Å². The minimum atomic E-state index is 0.322. The van der Waals surface area contributed by atoms with Crippen LogP contribution in [-0.2, 0) is 25.7 Å². The Bertz CT molecular complexity index is 2140. The Hall–Kier alpha value is -6.93. The van der Waals surface area contributed by atoms with Crippen LogP contribution in [-0.4, -0.2) is 43.4 Å². The predicted octanol–water partition coefficient (Wildman–Crippen LogP) is 14.2. The Balaban J connectivity index is 0.000000269. The highest BCUT2D eigenvalue weighted by atomic mass is 16.3. The number of aromatic hydroxyl groups is 3. The van der Waals surface area contributed by atoms with E-state index in [2.05, 4.69) is 126 Å². The third-order valence-electron chi connectivity index (χ3n) is 9.42. The molecule has 1 aromatic heterocycles. The van der Waals surface area contributed by atoms with Crippen LogP contribution in [0.1, 0.15) is 83.5 Å². The molecule has 0 unspecified atom stereocenters. The van der Waals surface area contributed by atoms with Gasteiger partial charge in [-0.25, -0.2) is 0 Å². The summed E-state index contributed by atoms with van der Waals surface area (Å²) in [5, 5.41) is 37.7. The van der Waals surface area contributed by atoms with Crippen molar-refractivity contribution in [2.24, 2.45) is 0 Å². The summed E-state index contributed by atoms with van der Waals surface area (Å²) in [7, 11) is 0. The number of nitrogens with zero attached hydrogens (tertiary/aromatic N) is 3. The largest absolute Gasteiger partial charge is 0.508 e. The first-order valence-corrected chi connectivity index (χ1v) is 22.6. The van der Waals surface area contributed by atoms with E-state index in [-0.39, 0.29) is 0 Å². The quantitative estimate of drug-likeness (QED) is 0.102. The molecular formula is C56H71N5O3. The van der Waals surface area contributed by atoms with Gasteiger partial charge >= 0.3 is 0 Å². The molecule has 64 heavy (non-hydrogen) atoms. The first-order chi connectivity index (χ1) is 31.2. The first kappa shape index (κ1) is 53.2. The maximum absolute atomic E-state index is 8.63. The zero-order valence-corrected chi connectivity index (χ0v) is 39.5. The van der Waals surface area contributed by atoms with Gasteiger partial charge in [-0.05, 0) is 127 Å². The zero-order chi connectivity index (χ0) is 47.0. The molecule has 0 fully saturated rings. The molecule has 8 nitrogen and oxygen atoms in total. The normalized spacial score (nSPS) is 9.58. The number of benzene rings is 7. The molecule has 7 aromatic carbocycles. The Morgan fingerprint density at radius 1 is 0.344 bits per heavy atom. The molecule has 0 aliphatic carbocycles. The lowest BCUT2D eigenvalue weighted by molar-refractivity contribution is 0.475. The molecule has 8 heteroatoms. The summed E-state index contributed by atoms with van der Waals surface area (Å²) >= 11 is 0. The van der Waals surface area contributed by atoms with Crippen LogP contribution in [0.25, 0.3) is 21.5 Å². The second-order valence-corrected chi connectivity index (χ2v) is 13.9. The summed E-state index contributed by atoms with van der Waals surface area (Å²) in [4.78, 5) is 12.4. The Labute approximate surface area is 383 Å². The second kappa shape index (κ2) is 31.8. The third-order valence-corrected chi connectivity index (χ3v) is 9.42. The van der Waals surface area contributed by atoms with E-state index in [9.17, 15) is 0 Å². The molecule has 0 saturated carbocycles. The molecule has 8 aromatic rings. The molecule has 5 N–H and O–H groups in total. The van der Waals surface area contributed by atoms with E-state index >= 15 is 0 Å². The number of rotatable bonds is 8. The summed E-state index contributed by atoms with van der Waals surface area (Å²) in [6.45, 7) is 20.4. The van der Waals surface area contributed by atoms with Crippen molar-refractivity contribution < 1.29 is 15.3 Å². The van der Waals surface area contributed by atoms with Crippen molar-refractivity contribution >= 4 is 33.4 Å². The van der Waals surface area contributed by atoms with Gasteiger partial charge in [-0.1, -0.05) is 169 Å². The molecule has 0 saturated heterocycles. The van der Waals surface area contributed by atoms with Gasteiger partial charge in [0.05, 0.1) is 0 Å². The fraction of sp³-hybridized carbons (Fsp3) is 0.268. The lowest BCUT2D eigenvalue weighted by Crippen LogP contribution is -2.09. The fourth-order valence-electron chi connectivity index (χ4n) is 6.32. The molecule has 0 bridgehead atoms. The molecule has 1 heterocycles. The lowest BCUT2D eigenvalue weighted by Gasteiger charge is -2.08. The van der Waals surface area contributed by atoms with Crippen molar-refractivity contribution in [2.45, 2.75) is 88.0 Å². The van der Waals surface area contributed by atoms with E-state index in [4.69, 9.17) is 15.3 Å². The van der Waals surface area contributed by atoms with Gasteiger partial charge in [0.2, 0.25) is 11.9 Å². The maximum atomic E-state index is 8.63. The molecule has 0 spiro atoms. The van der Waals surface area contributed by atoms with Crippen molar-refractivity contribution in [1.29, 1.82) is 0 Å². The molecular weight excluding hydrogens is 791 g/mol. The van der Waals surface area contributed by atoms with Crippen LogP contribution >= 0.6 is 0 Å². The Morgan fingerprint density at radius 2 is 0.578 bits per heavy atom. The van der Waals surface area contributed by atoms with Crippen molar-refractivity contribution in [1.82, 2.24) is 15.0 Å². The number of para-hydroxylation sites is 3. The van der Waals surface area contributed by atoms with Crippen molar-refractivity contribution in [3.05, 3.63) is 192 Å². The fourth-order valence-corrected chi connectivity index (χ4v) is 6.32. The van der Waals surface area contributed by atoms with Crippen LogP contribution in [0.15, 0.2) is 164 Å². The van der Waals surface area contributed by atoms with E-state index in [0.29, 0.717) is 29.1 Å². The average molecular weight is 862 g/mol. The number of aromatic nitrogens is 3. The standard InChI is InChI=1S/2C14H16.C8H15N5.3C6H6O.C2H6/c2*1-3-11-9-10-12(4-2)14-8-6-5-7-13(11)14;1-4-9-7-11-6(3)12-8(13-7)10-5-2;3*7-6-4-2-1-3-5-6;1-2/h2*5-10H,3-4H2,1-2H3;4-5H2,1-3H3,(H2,9,10,11,12,13);3*1-5,7H;1-2H3. The maximum Gasteiger partial charge on any atom is 0.227 e. The molecule has 0 radical (unpaired) electrons. The average Bonchev–Trinajstić information content (AvgIpc) is 3.33. The third kappa shape index (κ3) is 19.4. The highest BCUT2D eigenvalue weighted by molar-refractivity contribution is 5.89. The first-order valence-electron chi connectivity index (χ1n) is 22.6. The number of hydrogen-bond donors (Lipinski definition) is 5. The van der Waals surface area contributed by atoms with Gasteiger partial charge in [-0.15, -0.1) is 0 Å². The molecule has 0 amide bonds. The van der Waals surface area contributed by atoms with Gasteiger partial charge < -0.3 is 26.0 Å². The Morgan fingerprint density at radius 3 is 0.766 bits per heavy atom. The van der Waals surface area contributed by atoms with Gasteiger partial charge in [0.15, 0.2) is 0 Å². The Kier molecular flexibility index (Phi) is 26.5. The minimum absolute atomic E-state index is 0.322. The number of phenolic OH excluding ortho intramolecular Hbond substituents is 3. The monoisotopic (exact) mass is 862 g/mol. The van der Waals surface area contributed by atoms with Crippen molar-refractivity contribution in [3.8, 4) is 17.2 Å². The molecule has 8 rings (SSSR count). The van der Waals surface area contributed by atoms with Gasteiger partial charge in [0.1, 0.15) is 23.1 Å². The number of anilines is 2. The van der Waals surface area contributed by atoms with E-state index < -0.39 is 0 Å². The predicted molar refractivity (Wildman–Crippen MR) is 274 cm³/mol. The molecule has 338 valence electrons. The van der Waals surface area contributed by atoms with E-state index in [1.807, 2.05) is 52.8 Å². The van der Waals surface area contributed by atoms with Crippen LogP contribution < -0.4 is 10.6 Å². The minimum Gasteiger partial charge on any atom is -0.508 e. The van der Waals surface area contributed by atoms with Crippen LogP contribution in [0.5, 0.6) is 17.2 Å². The van der Waals surface area contributed by atoms with Crippen molar-refractivity contribution in [3.63, 3.8) is 0 Å². The zero-order valence-electron chi connectivity index (χ0n) is 39.5. The number of hydrogen-bond acceptors (Lipinski definition) is 8. The van der Waals surface area contributed by atoms with Crippen molar-refractivity contribution in [2.75, 3.05) is 23.7 Å². The summed E-state index contributed by atoms with van der Waals surface area (Å²) in [5.74, 6) is 2.95. The summed E-state index contributed by atoms with van der Waals surface area (Å²) < 4.78 is 0. The highest BCUT2D eigenvalue weighted by Crippen LogP contribution is 2.24. The van der Waals surface area contributed by atoms with Gasteiger partial charge in [0, 0.05) is 13.1 Å². The lowest BCUT2D eigenvalue weighted by atomic mass is 9.97. The number of nitrogens with one attached hydrogen (secondary N) is 2. The van der Waals surface area contributed by atoms with Crippen LogP contribution in [0, 0.1) is 6.92 Å². The topological polar surface area (TPSA) is 123 Å². The molecule has 0 aliphatic rings. The molecule has 0 atom stereocenters. The van der Waals surface area contributed by atoms with Crippen LogP contribution in [0.4, 0.5) is 11.9 Å². The SMILES string of the molecule is CC.CCNc1nc(C)nc(NCC)n1.CCc1ccc(CC)c2ccccc12.CCc1ccc(CC)c2ccccc12.Oc1ccccc1.Oc1ccccc1.Oc1ccccc1. The smallest absolute Gasteiger partial charge is 0.227 e. The highest BCUT2D eigenvalue weighted by Gasteiger charge is 2.04. The summed E-state index contributed by atoms with van der Waals surface area (Å²) in [5.41, 5.74) is 5.83. The summed E-state index contributed by atoms with van der Waals surface area (Å²) in [6, 6.07) is 52.6. The van der Waals surface area contributed by atoms with E-state index in [0.717, 1.165) is 44.6 Å². The molecule has 0 aliphatic heterocycles. The second-order valence-electron chi connectivity index (χ2n) is 13.9. The summed E-state index contributed by atoms with van der Waals surface area (Å²) in [6.07, 6.45) is 4.46. The number of aryl methyl sites for hydroxylation is 5. The van der Waals surface area contributed by atoms with E-state index in [1.165, 1.54) is 43.8 Å². The van der Waals surface area contributed by atoms with Gasteiger partial charge in [-0.3, -0.25) is 0 Å². The van der Waals surface area contributed by atoms with Gasteiger partial charge in [-0.2, -0.15) is 15.0 Å². The number of fused-ring (bicyclic) bond motifs is 2.